The van der Waals surface area contributed by atoms with Gasteiger partial charge in [-0.05, 0) is 41.2 Å². The summed E-state index contributed by atoms with van der Waals surface area (Å²) in [5.41, 5.74) is 5.97. The lowest BCUT2D eigenvalue weighted by atomic mass is 9.86. The Labute approximate surface area is 171 Å². The summed E-state index contributed by atoms with van der Waals surface area (Å²) in [4.78, 5) is 15.9. The van der Waals surface area contributed by atoms with Gasteiger partial charge in [0.05, 0.1) is 18.6 Å². The zero-order chi connectivity index (χ0) is 19.8. The molecular formula is C26H25NO2. The van der Waals surface area contributed by atoms with Crippen LogP contribution in [0.4, 0.5) is 0 Å². The van der Waals surface area contributed by atoms with E-state index in [1.807, 2.05) is 29.2 Å². The maximum absolute atomic E-state index is 13.9. The maximum atomic E-state index is 13.9. The van der Waals surface area contributed by atoms with Crippen molar-refractivity contribution < 1.29 is 9.53 Å². The van der Waals surface area contributed by atoms with E-state index in [4.69, 9.17) is 4.74 Å². The minimum absolute atomic E-state index is 0.0256. The molecule has 1 fully saturated rings. The third-order valence-electron chi connectivity index (χ3n) is 6.34. The van der Waals surface area contributed by atoms with E-state index in [9.17, 15) is 4.79 Å². The minimum atomic E-state index is -0.198. The zero-order valence-electron chi connectivity index (χ0n) is 16.6. The normalized spacial score (nSPS) is 23.4. The molecule has 0 saturated carbocycles. The Balaban J connectivity index is 1.57. The van der Waals surface area contributed by atoms with Crippen LogP contribution in [0.25, 0.3) is 0 Å². The molecule has 1 amide bonds. The molecule has 3 aromatic carbocycles. The van der Waals surface area contributed by atoms with E-state index in [-0.39, 0.29) is 24.1 Å². The number of ether oxygens (including phenoxy) is 1. The Morgan fingerprint density at radius 3 is 2.48 bits per heavy atom. The van der Waals surface area contributed by atoms with Gasteiger partial charge in [-0.15, -0.1) is 0 Å². The number of rotatable bonds is 3. The van der Waals surface area contributed by atoms with Gasteiger partial charge < -0.3 is 9.64 Å². The first kappa shape index (κ1) is 18.1. The van der Waals surface area contributed by atoms with Crippen molar-refractivity contribution in [3.05, 3.63) is 107 Å². The first-order valence-corrected chi connectivity index (χ1v) is 10.3. The van der Waals surface area contributed by atoms with E-state index >= 15 is 0 Å². The Bertz CT molecular complexity index is 1030. The van der Waals surface area contributed by atoms with Gasteiger partial charge in [0.1, 0.15) is 6.23 Å². The summed E-state index contributed by atoms with van der Waals surface area (Å²) in [6, 6.07) is 27.0. The lowest BCUT2D eigenvalue weighted by molar-refractivity contribution is -0.138. The van der Waals surface area contributed by atoms with Gasteiger partial charge in [0.2, 0.25) is 5.91 Å². The first-order valence-electron chi connectivity index (χ1n) is 10.3. The fraction of sp³-hybridized carbons (Fsp3) is 0.269. The van der Waals surface area contributed by atoms with E-state index in [2.05, 4.69) is 61.5 Å². The zero-order valence-corrected chi connectivity index (χ0v) is 16.6. The summed E-state index contributed by atoms with van der Waals surface area (Å²) >= 11 is 0. The van der Waals surface area contributed by atoms with Crippen LogP contribution in [0.15, 0.2) is 78.9 Å². The Kier molecular flexibility index (Phi) is 4.69. The van der Waals surface area contributed by atoms with Crippen LogP contribution in [0, 0.1) is 6.92 Å². The molecule has 0 aliphatic carbocycles. The standard InChI is InChI=1S/C26H25NO2/c1-18-9-5-6-12-20(18)15-23-22-14-8-7-13-21(22)16-25-27(26(23)28)24(17-29-25)19-10-3-2-4-11-19/h2-14,23-25H,15-17H2,1H3/t23-,24-,25-/m0/s1. The number of carbonyl (C=O) groups excluding carboxylic acids is 1. The summed E-state index contributed by atoms with van der Waals surface area (Å²) in [6.45, 7) is 2.68. The average Bonchev–Trinajstić information content (AvgIpc) is 3.13. The summed E-state index contributed by atoms with van der Waals surface area (Å²) in [6.07, 6.45) is 1.26. The number of carbonyl (C=O) groups is 1. The molecule has 0 spiro atoms. The molecule has 2 aliphatic rings. The highest BCUT2D eigenvalue weighted by Gasteiger charge is 2.44. The van der Waals surface area contributed by atoms with Crippen LogP contribution in [0.3, 0.4) is 0 Å². The Morgan fingerprint density at radius 2 is 1.66 bits per heavy atom. The van der Waals surface area contributed by atoms with Crippen LogP contribution in [-0.4, -0.2) is 23.6 Å². The predicted molar refractivity (Wildman–Crippen MR) is 114 cm³/mol. The third-order valence-corrected chi connectivity index (χ3v) is 6.34. The number of aryl methyl sites for hydroxylation is 1. The van der Waals surface area contributed by atoms with Gasteiger partial charge >= 0.3 is 0 Å². The van der Waals surface area contributed by atoms with Crippen molar-refractivity contribution in [3.8, 4) is 0 Å². The maximum Gasteiger partial charge on any atom is 0.233 e. The average molecular weight is 383 g/mol. The van der Waals surface area contributed by atoms with Gasteiger partial charge in [0.25, 0.3) is 0 Å². The fourth-order valence-electron chi connectivity index (χ4n) is 4.77. The number of amides is 1. The number of nitrogens with zero attached hydrogens (tertiary/aromatic N) is 1. The van der Waals surface area contributed by atoms with E-state index < -0.39 is 0 Å². The number of fused-ring (bicyclic) bond motifs is 2. The van der Waals surface area contributed by atoms with Crippen LogP contribution in [0.5, 0.6) is 0 Å². The molecule has 3 atom stereocenters. The highest BCUT2D eigenvalue weighted by Crippen LogP contribution is 2.40. The molecular weight excluding hydrogens is 358 g/mol. The largest absolute Gasteiger partial charge is 0.355 e. The lowest BCUT2D eigenvalue weighted by Crippen LogP contribution is -2.40. The van der Waals surface area contributed by atoms with Crippen molar-refractivity contribution >= 4 is 5.91 Å². The molecule has 3 heteroatoms. The second kappa shape index (κ2) is 7.49. The first-order chi connectivity index (χ1) is 14.2. The van der Waals surface area contributed by atoms with Crippen LogP contribution >= 0.6 is 0 Å². The van der Waals surface area contributed by atoms with E-state index in [1.165, 1.54) is 16.7 Å². The summed E-state index contributed by atoms with van der Waals surface area (Å²) in [7, 11) is 0. The van der Waals surface area contributed by atoms with Crippen molar-refractivity contribution in [2.24, 2.45) is 0 Å². The van der Waals surface area contributed by atoms with Crippen molar-refractivity contribution in [2.75, 3.05) is 6.61 Å². The van der Waals surface area contributed by atoms with Crippen LogP contribution < -0.4 is 0 Å². The summed E-state index contributed by atoms with van der Waals surface area (Å²) in [5.74, 6) is -0.0141. The molecule has 1 saturated heterocycles. The number of hydrogen-bond donors (Lipinski definition) is 0. The molecule has 146 valence electrons. The van der Waals surface area contributed by atoms with Gasteiger partial charge in [0, 0.05) is 6.42 Å². The Morgan fingerprint density at radius 1 is 0.931 bits per heavy atom. The predicted octanol–water partition coefficient (Wildman–Crippen LogP) is 4.80. The monoisotopic (exact) mass is 383 g/mol. The van der Waals surface area contributed by atoms with E-state index in [0.29, 0.717) is 13.0 Å². The summed E-state index contributed by atoms with van der Waals surface area (Å²) < 4.78 is 6.16. The van der Waals surface area contributed by atoms with Gasteiger partial charge in [-0.25, -0.2) is 0 Å². The van der Waals surface area contributed by atoms with Gasteiger partial charge in [-0.1, -0.05) is 78.9 Å². The smallest absolute Gasteiger partial charge is 0.233 e. The molecule has 3 aromatic rings. The second-order valence-corrected chi connectivity index (χ2v) is 8.05. The van der Waals surface area contributed by atoms with Crippen molar-refractivity contribution in [3.63, 3.8) is 0 Å². The number of hydrogen-bond acceptors (Lipinski definition) is 2. The van der Waals surface area contributed by atoms with Crippen molar-refractivity contribution in [1.29, 1.82) is 0 Å². The van der Waals surface area contributed by atoms with Crippen molar-refractivity contribution in [2.45, 2.75) is 38.0 Å². The molecule has 3 nitrogen and oxygen atoms in total. The minimum Gasteiger partial charge on any atom is -0.355 e. The lowest BCUT2D eigenvalue weighted by Gasteiger charge is -2.29. The van der Waals surface area contributed by atoms with Gasteiger partial charge in [-0.2, -0.15) is 0 Å². The SMILES string of the molecule is Cc1ccccc1C[C@@H]1C(=O)N2[C@H](Cc3ccccc31)OC[C@H]2c1ccccc1. The van der Waals surface area contributed by atoms with E-state index in [0.717, 1.165) is 17.5 Å². The molecule has 0 unspecified atom stereocenters. The van der Waals surface area contributed by atoms with Crippen LogP contribution in [0.2, 0.25) is 0 Å². The topological polar surface area (TPSA) is 29.5 Å². The Hall–Kier alpha value is -2.91. The van der Waals surface area contributed by atoms with Crippen molar-refractivity contribution in [1.82, 2.24) is 4.90 Å². The quantitative estimate of drug-likeness (QED) is 0.650. The van der Waals surface area contributed by atoms with Crippen LogP contribution in [0.1, 0.15) is 39.8 Å². The molecule has 0 aromatic heterocycles. The molecule has 29 heavy (non-hydrogen) atoms. The van der Waals surface area contributed by atoms with Crippen LogP contribution in [-0.2, 0) is 22.4 Å². The summed E-state index contributed by atoms with van der Waals surface area (Å²) in [5, 5.41) is 0. The molecule has 0 N–H and O–H groups in total. The number of benzene rings is 3. The highest BCUT2D eigenvalue weighted by molar-refractivity contribution is 5.86. The van der Waals surface area contributed by atoms with E-state index in [1.54, 1.807) is 0 Å². The molecule has 2 heterocycles. The molecule has 5 rings (SSSR count). The van der Waals surface area contributed by atoms with Gasteiger partial charge in [-0.3, -0.25) is 4.79 Å². The fourth-order valence-corrected chi connectivity index (χ4v) is 4.77. The second-order valence-electron chi connectivity index (χ2n) is 8.05. The molecule has 0 bridgehead atoms. The molecule has 0 radical (unpaired) electrons. The van der Waals surface area contributed by atoms with Gasteiger partial charge in [0.15, 0.2) is 0 Å². The highest BCUT2D eigenvalue weighted by atomic mass is 16.5. The molecule has 2 aliphatic heterocycles. The third kappa shape index (κ3) is 3.26.